The van der Waals surface area contributed by atoms with Crippen molar-refractivity contribution in [2.24, 2.45) is 11.3 Å². The molecule has 1 unspecified atom stereocenters. The van der Waals surface area contributed by atoms with Gasteiger partial charge in [-0.3, -0.25) is 4.79 Å². The van der Waals surface area contributed by atoms with E-state index in [1.807, 2.05) is 6.92 Å². The van der Waals surface area contributed by atoms with Gasteiger partial charge in [0, 0.05) is 6.42 Å². The predicted octanol–water partition coefficient (Wildman–Crippen LogP) is 2.96. The van der Waals surface area contributed by atoms with Crippen LogP contribution in [-0.4, -0.2) is 5.78 Å². The maximum absolute atomic E-state index is 11.5. The molecule has 1 nitrogen and oxygen atoms in total. The van der Waals surface area contributed by atoms with Gasteiger partial charge in [0.15, 0.2) is 5.78 Å². The minimum absolute atomic E-state index is 0.153. The van der Waals surface area contributed by atoms with E-state index in [0.29, 0.717) is 18.1 Å². The van der Waals surface area contributed by atoms with Crippen LogP contribution in [0.15, 0.2) is 11.1 Å². The van der Waals surface area contributed by atoms with Crippen LogP contribution in [0.2, 0.25) is 0 Å². The molecule has 1 aliphatic carbocycles. The van der Waals surface area contributed by atoms with Crippen LogP contribution >= 0.6 is 0 Å². The molecular weight excluding hydrogens is 148 g/mol. The molecule has 0 aromatic heterocycles. The smallest absolute Gasteiger partial charge is 0.159 e. The van der Waals surface area contributed by atoms with Crippen molar-refractivity contribution >= 4 is 5.78 Å². The summed E-state index contributed by atoms with van der Waals surface area (Å²) in [4.78, 5) is 11.5. The number of ketones is 1. The van der Waals surface area contributed by atoms with Crippen molar-refractivity contribution in [3.63, 3.8) is 0 Å². The molecule has 0 aliphatic heterocycles. The first-order valence-corrected chi connectivity index (χ1v) is 4.57. The Morgan fingerprint density at radius 2 is 1.83 bits per heavy atom. The summed E-state index contributed by atoms with van der Waals surface area (Å²) < 4.78 is 0. The minimum atomic E-state index is 0.153. The average molecular weight is 166 g/mol. The SMILES string of the molecule is CC1=C(C)C(C)C(C)(C)CC1=O. The zero-order chi connectivity index (χ0) is 9.52. The van der Waals surface area contributed by atoms with Crippen LogP contribution in [0.4, 0.5) is 0 Å². The van der Waals surface area contributed by atoms with Crippen molar-refractivity contribution in [3.05, 3.63) is 11.1 Å². The van der Waals surface area contributed by atoms with Gasteiger partial charge in [-0.05, 0) is 30.8 Å². The zero-order valence-electron chi connectivity index (χ0n) is 8.69. The van der Waals surface area contributed by atoms with E-state index < -0.39 is 0 Å². The van der Waals surface area contributed by atoms with Crippen molar-refractivity contribution in [2.75, 3.05) is 0 Å². The summed E-state index contributed by atoms with van der Waals surface area (Å²) in [7, 11) is 0. The fourth-order valence-electron chi connectivity index (χ4n) is 1.83. The van der Waals surface area contributed by atoms with Crippen LogP contribution in [0.25, 0.3) is 0 Å². The lowest BCUT2D eigenvalue weighted by atomic mass is 9.67. The molecule has 0 bridgehead atoms. The van der Waals surface area contributed by atoms with Gasteiger partial charge in [0.1, 0.15) is 0 Å². The summed E-state index contributed by atoms with van der Waals surface area (Å²) in [6, 6.07) is 0. The van der Waals surface area contributed by atoms with E-state index in [4.69, 9.17) is 0 Å². The Morgan fingerprint density at radius 3 is 2.33 bits per heavy atom. The van der Waals surface area contributed by atoms with E-state index in [9.17, 15) is 4.79 Å². The molecule has 0 saturated heterocycles. The molecule has 1 atom stereocenters. The number of hydrogen-bond acceptors (Lipinski definition) is 1. The predicted molar refractivity (Wildman–Crippen MR) is 50.9 cm³/mol. The van der Waals surface area contributed by atoms with Gasteiger partial charge in [-0.25, -0.2) is 0 Å². The normalized spacial score (nSPS) is 29.4. The summed E-state index contributed by atoms with van der Waals surface area (Å²) in [6.45, 7) is 10.6. The van der Waals surface area contributed by atoms with Crippen LogP contribution in [-0.2, 0) is 4.79 Å². The van der Waals surface area contributed by atoms with Gasteiger partial charge in [0.25, 0.3) is 0 Å². The first kappa shape index (κ1) is 9.50. The monoisotopic (exact) mass is 166 g/mol. The topological polar surface area (TPSA) is 17.1 Å². The van der Waals surface area contributed by atoms with Gasteiger partial charge in [-0.15, -0.1) is 0 Å². The molecule has 1 heteroatoms. The third-order valence-corrected chi connectivity index (χ3v) is 3.45. The molecule has 0 amide bonds. The standard InChI is InChI=1S/C11H18O/c1-7-8(2)10(12)6-11(4,5)9(7)3/h9H,6H2,1-5H3. The quantitative estimate of drug-likeness (QED) is 0.540. The fraction of sp³-hybridized carbons (Fsp3) is 0.727. The summed E-state index contributed by atoms with van der Waals surface area (Å²) >= 11 is 0. The van der Waals surface area contributed by atoms with Gasteiger partial charge in [0.05, 0.1) is 0 Å². The van der Waals surface area contributed by atoms with Gasteiger partial charge >= 0.3 is 0 Å². The highest BCUT2D eigenvalue weighted by Gasteiger charge is 2.35. The Labute approximate surface area is 74.9 Å². The minimum Gasteiger partial charge on any atom is -0.295 e. The highest BCUT2D eigenvalue weighted by atomic mass is 16.1. The number of rotatable bonds is 0. The fourth-order valence-corrected chi connectivity index (χ4v) is 1.83. The summed E-state index contributed by atoms with van der Waals surface area (Å²) in [5.41, 5.74) is 2.42. The second-order valence-electron chi connectivity index (χ2n) is 4.62. The maximum Gasteiger partial charge on any atom is 0.159 e. The van der Waals surface area contributed by atoms with Crippen LogP contribution in [0.1, 0.15) is 41.0 Å². The van der Waals surface area contributed by atoms with Crippen molar-refractivity contribution < 1.29 is 4.79 Å². The Kier molecular flexibility index (Phi) is 2.15. The molecule has 0 N–H and O–H groups in total. The molecule has 0 spiro atoms. The average Bonchev–Trinajstić information content (AvgIpc) is 1.97. The van der Waals surface area contributed by atoms with Crippen molar-refractivity contribution in [1.29, 1.82) is 0 Å². The van der Waals surface area contributed by atoms with Gasteiger partial charge in [-0.1, -0.05) is 26.3 Å². The lowest BCUT2D eigenvalue weighted by Gasteiger charge is -2.37. The van der Waals surface area contributed by atoms with Crippen molar-refractivity contribution in [1.82, 2.24) is 0 Å². The Hall–Kier alpha value is -0.590. The lowest BCUT2D eigenvalue weighted by Crippen LogP contribution is -2.31. The molecule has 0 aromatic carbocycles. The van der Waals surface area contributed by atoms with E-state index in [1.54, 1.807) is 0 Å². The second kappa shape index (κ2) is 2.72. The van der Waals surface area contributed by atoms with Crippen molar-refractivity contribution in [3.8, 4) is 0 Å². The number of Topliss-reactive ketones (excluding diaryl/α,β-unsaturated/α-hetero) is 1. The van der Waals surface area contributed by atoms with Crippen LogP contribution < -0.4 is 0 Å². The highest BCUT2D eigenvalue weighted by Crippen LogP contribution is 2.41. The van der Waals surface area contributed by atoms with Gasteiger partial charge < -0.3 is 0 Å². The molecule has 0 fully saturated rings. The summed E-state index contributed by atoms with van der Waals surface area (Å²) in [5, 5.41) is 0. The Bertz CT molecular complexity index is 246. The van der Waals surface area contributed by atoms with E-state index in [-0.39, 0.29) is 5.41 Å². The van der Waals surface area contributed by atoms with Crippen LogP contribution in [0.3, 0.4) is 0 Å². The van der Waals surface area contributed by atoms with E-state index >= 15 is 0 Å². The molecule has 0 saturated carbocycles. The number of carbonyl (C=O) groups excluding carboxylic acids is 1. The first-order valence-electron chi connectivity index (χ1n) is 4.57. The van der Waals surface area contributed by atoms with E-state index in [0.717, 1.165) is 5.57 Å². The highest BCUT2D eigenvalue weighted by molar-refractivity contribution is 5.97. The third kappa shape index (κ3) is 1.33. The molecule has 1 aliphatic rings. The first-order chi connectivity index (χ1) is 5.36. The molecule has 0 radical (unpaired) electrons. The Balaban J connectivity index is 3.10. The van der Waals surface area contributed by atoms with E-state index in [1.165, 1.54) is 5.57 Å². The Morgan fingerprint density at radius 1 is 1.33 bits per heavy atom. The molecule has 12 heavy (non-hydrogen) atoms. The molecular formula is C11H18O. The van der Waals surface area contributed by atoms with Crippen molar-refractivity contribution in [2.45, 2.75) is 41.0 Å². The number of carbonyl (C=O) groups is 1. The largest absolute Gasteiger partial charge is 0.295 e. The molecule has 1 rings (SSSR count). The second-order valence-corrected chi connectivity index (χ2v) is 4.62. The molecule has 0 aromatic rings. The van der Waals surface area contributed by atoms with Gasteiger partial charge in [-0.2, -0.15) is 0 Å². The number of hydrogen-bond donors (Lipinski definition) is 0. The third-order valence-electron chi connectivity index (χ3n) is 3.45. The summed E-state index contributed by atoms with van der Waals surface area (Å²) in [5.74, 6) is 0.866. The van der Waals surface area contributed by atoms with Gasteiger partial charge in [0.2, 0.25) is 0 Å². The zero-order valence-corrected chi connectivity index (χ0v) is 8.69. The molecule has 68 valence electrons. The lowest BCUT2D eigenvalue weighted by molar-refractivity contribution is -0.118. The summed E-state index contributed by atoms with van der Waals surface area (Å²) in [6.07, 6.45) is 0.706. The maximum atomic E-state index is 11.5. The van der Waals surface area contributed by atoms with Crippen LogP contribution in [0, 0.1) is 11.3 Å². The number of allylic oxidation sites excluding steroid dienone is 2. The molecule has 0 heterocycles. The van der Waals surface area contributed by atoms with E-state index in [2.05, 4.69) is 27.7 Å². The van der Waals surface area contributed by atoms with Crippen LogP contribution in [0.5, 0.6) is 0 Å².